The van der Waals surface area contributed by atoms with Gasteiger partial charge in [-0.2, -0.15) is 0 Å². The minimum absolute atomic E-state index is 0.923. The first-order valence-corrected chi connectivity index (χ1v) is 17.2. The number of nitrogens with one attached hydrogen (secondary N) is 1. The van der Waals surface area contributed by atoms with Crippen LogP contribution < -0.4 is 5.32 Å². The van der Waals surface area contributed by atoms with E-state index < -0.39 is 0 Å². The maximum absolute atomic E-state index is 5.96. The number of rotatable bonds is 8. The van der Waals surface area contributed by atoms with Gasteiger partial charge in [-0.25, -0.2) is 0 Å². The highest BCUT2D eigenvalue weighted by atomic mass is 16.3. The van der Waals surface area contributed by atoms with E-state index in [-0.39, 0.29) is 0 Å². The van der Waals surface area contributed by atoms with Crippen molar-refractivity contribution in [1.29, 1.82) is 0 Å². The predicted molar refractivity (Wildman–Crippen MR) is 219 cm³/mol. The summed E-state index contributed by atoms with van der Waals surface area (Å²) in [6.07, 6.45) is 7.98. The first-order chi connectivity index (χ1) is 25.2. The van der Waals surface area contributed by atoms with E-state index in [9.17, 15) is 0 Å². The van der Waals surface area contributed by atoms with Crippen molar-refractivity contribution in [2.75, 3.05) is 5.32 Å². The first kappa shape index (κ1) is 32.9. The molecule has 8 aromatic rings. The summed E-state index contributed by atoms with van der Waals surface area (Å²) in [6.45, 7) is 5.79. The van der Waals surface area contributed by atoms with Crippen LogP contribution in [0.3, 0.4) is 0 Å². The molecule has 8 rings (SSSR count). The van der Waals surface area contributed by atoms with Crippen LogP contribution in [-0.2, 0) is 0 Å². The van der Waals surface area contributed by atoms with E-state index in [1.54, 1.807) is 0 Å². The van der Waals surface area contributed by atoms with Crippen molar-refractivity contribution in [1.82, 2.24) is 0 Å². The van der Waals surface area contributed by atoms with Gasteiger partial charge in [0.15, 0.2) is 0 Å². The summed E-state index contributed by atoms with van der Waals surface area (Å²) < 4.78 is 5.96. The highest BCUT2D eigenvalue weighted by molar-refractivity contribution is 6.06. The van der Waals surface area contributed by atoms with Gasteiger partial charge in [0.2, 0.25) is 0 Å². The fourth-order valence-corrected chi connectivity index (χ4v) is 6.24. The lowest BCUT2D eigenvalue weighted by Crippen LogP contribution is -1.90. The summed E-state index contributed by atoms with van der Waals surface area (Å²) in [5.74, 6) is 0. The molecule has 1 aromatic heterocycles. The first-order valence-electron chi connectivity index (χ1n) is 17.2. The molecule has 0 saturated heterocycles. The Morgan fingerprint density at radius 1 is 0.490 bits per heavy atom. The maximum atomic E-state index is 5.96. The Labute approximate surface area is 300 Å². The minimum atomic E-state index is 0.923. The standard InChI is InChI=1S/C30H21NO.C19H18/c1-2-6-21(7-3-1)22-10-15-25(16-11-22)31-26-17-12-23(13-18-26)24-14-19-30-28(20-24)27-8-4-5-9-29(27)32-30;1-3-8-16(9-4-2)18-12-14-19(15-13-18)17-10-6-5-7-11-17/h1-20,31H;3-15H,1H2,2H3/b;9-4-,16-8+. The molecule has 0 radical (unpaired) electrons. The van der Waals surface area contributed by atoms with Crippen molar-refractivity contribution in [2.24, 2.45) is 0 Å². The Hall–Kier alpha value is -6.64. The Kier molecular flexibility index (Phi) is 10.1. The lowest BCUT2D eigenvalue weighted by atomic mass is 10.00. The van der Waals surface area contributed by atoms with Crippen LogP contribution in [0, 0.1) is 0 Å². The number of benzene rings is 7. The molecule has 0 amide bonds. The van der Waals surface area contributed by atoms with Crippen molar-refractivity contribution < 1.29 is 4.42 Å². The molecule has 1 N–H and O–H groups in total. The van der Waals surface area contributed by atoms with Crippen molar-refractivity contribution in [3.8, 4) is 33.4 Å². The molecule has 0 aliphatic heterocycles. The van der Waals surface area contributed by atoms with Gasteiger partial charge in [0, 0.05) is 22.1 Å². The van der Waals surface area contributed by atoms with E-state index in [1.165, 1.54) is 44.5 Å². The Morgan fingerprint density at radius 2 is 0.961 bits per heavy atom. The number of hydrogen-bond donors (Lipinski definition) is 1. The maximum Gasteiger partial charge on any atom is 0.135 e. The van der Waals surface area contributed by atoms with Crippen LogP contribution in [-0.4, -0.2) is 0 Å². The molecule has 0 atom stereocenters. The molecule has 51 heavy (non-hydrogen) atoms. The molecule has 0 unspecified atom stereocenters. The van der Waals surface area contributed by atoms with Crippen molar-refractivity contribution in [3.05, 3.63) is 212 Å². The third-order valence-corrected chi connectivity index (χ3v) is 8.84. The van der Waals surface area contributed by atoms with Crippen LogP contribution >= 0.6 is 0 Å². The van der Waals surface area contributed by atoms with Crippen molar-refractivity contribution in [2.45, 2.75) is 6.92 Å². The van der Waals surface area contributed by atoms with Gasteiger partial charge in [-0.05, 0) is 93.9 Å². The number of anilines is 2. The van der Waals surface area contributed by atoms with Crippen LogP contribution in [0.1, 0.15) is 12.5 Å². The lowest BCUT2D eigenvalue weighted by Gasteiger charge is -2.09. The van der Waals surface area contributed by atoms with Crippen molar-refractivity contribution >= 4 is 38.9 Å². The largest absolute Gasteiger partial charge is 0.456 e. The van der Waals surface area contributed by atoms with Gasteiger partial charge in [-0.3, -0.25) is 0 Å². The second-order valence-electron chi connectivity index (χ2n) is 12.3. The van der Waals surface area contributed by atoms with E-state index in [1.807, 2.05) is 49.4 Å². The molecule has 2 nitrogen and oxygen atoms in total. The van der Waals surface area contributed by atoms with Gasteiger partial charge in [-0.1, -0.05) is 164 Å². The smallest absolute Gasteiger partial charge is 0.135 e. The molecule has 0 spiro atoms. The summed E-state index contributed by atoms with van der Waals surface area (Å²) in [7, 11) is 0. The van der Waals surface area contributed by atoms with E-state index in [4.69, 9.17) is 4.42 Å². The summed E-state index contributed by atoms with van der Waals surface area (Å²) in [5, 5.41) is 5.80. The summed E-state index contributed by atoms with van der Waals surface area (Å²) in [5.41, 5.74) is 13.7. The summed E-state index contributed by atoms with van der Waals surface area (Å²) in [4.78, 5) is 0. The molecule has 0 aliphatic rings. The monoisotopic (exact) mass is 657 g/mol. The zero-order chi connectivity index (χ0) is 34.8. The van der Waals surface area contributed by atoms with E-state index in [2.05, 4.69) is 170 Å². The topological polar surface area (TPSA) is 25.2 Å². The number of fused-ring (bicyclic) bond motifs is 3. The van der Waals surface area contributed by atoms with Gasteiger partial charge in [0.1, 0.15) is 11.2 Å². The molecular weight excluding hydrogens is 619 g/mol. The molecule has 1 heterocycles. The number of hydrogen-bond acceptors (Lipinski definition) is 2. The predicted octanol–water partition coefficient (Wildman–Crippen LogP) is 14.2. The number of allylic oxidation sites excluding steroid dienone is 5. The molecule has 0 aliphatic carbocycles. The van der Waals surface area contributed by atoms with E-state index in [0.29, 0.717) is 0 Å². The van der Waals surface area contributed by atoms with Crippen LogP contribution in [0.15, 0.2) is 211 Å². The molecule has 0 fully saturated rings. The highest BCUT2D eigenvalue weighted by Gasteiger charge is 2.08. The van der Waals surface area contributed by atoms with Crippen LogP contribution in [0.5, 0.6) is 0 Å². The zero-order valence-electron chi connectivity index (χ0n) is 28.7. The quantitative estimate of drug-likeness (QED) is 0.165. The van der Waals surface area contributed by atoms with Crippen LogP contribution in [0.25, 0.3) is 60.9 Å². The third kappa shape index (κ3) is 7.83. The molecule has 0 saturated carbocycles. The zero-order valence-corrected chi connectivity index (χ0v) is 28.7. The molecular formula is C49H39NO. The van der Waals surface area contributed by atoms with Gasteiger partial charge in [-0.15, -0.1) is 0 Å². The normalized spacial score (nSPS) is 11.4. The Morgan fingerprint density at radius 3 is 1.53 bits per heavy atom. The number of furan rings is 1. The van der Waals surface area contributed by atoms with E-state index >= 15 is 0 Å². The average molecular weight is 658 g/mol. The summed E-state index contributed by atoms with van der Waals surface area (Å²) in [6, 6.07) is 61.1. The van der Waals surface area contributed by atoms with Gasteiger partial charge >= 0.3 is 0 Å². The Bertz CT molecular complexity index is 2410. The average Bonchev–Trinajstić information content (AvgIpc) is 3.58. The highest BCUT2D eigenvalue weighted by Crippen LogP contribution is 2.33. The summed E-state index contributed by atoms with van der Waals surface area (Å²) >= 11 is 0. The third-order valence-electron chi connectivity index (χ3n) is 8.84. The SMILES string of the molecule is C=C/C=C(\C=C/C)c1ccc(-c2ccccc2)cc1.c1ccc(-c2ccc(Nc3ccc(-c4ccc5oc6ccccc6c5c4)cc3)cc2)cc1. The van der Waals surface area contributed by atoms with E-state index in [0.717, 1.165) is 33.3 Å². The molecule has 0 bridgehead atoms. The fraction of sp³-hybridized carbons (Fsp3) is 0.0204. The van der Waals surface area contributed by atoms with Gasteiger partial charge in [0.25, 0.3) is 0 Å². The minimum Gasteiger partial charge on any atom is -0.456 e. The van der Waals surface area contributed by atoms with Gasteiger partial charge in [0.05, 0.1) is 0 Å². The molecule has 7 aromatic carbocycles. The molecule has 2 heteroatoms. The lowest BCUT2D eigenvalue weighted by molar-refractivity contribution is 0.669. The second kappa shape index (κ2) is 15.7. The fourth-order valence-electron chi connectivity index (χ4n) is 6.24. The van der Waals surface area contributed by atoms with Crippen molar-refractivity contribution in [3.63, 3.8) is 0 Å². The van der Waals surface area contributed by atoms with Crippen LogP contribution in [0.4, 0.5) is 11.4 Å². The molecule has 246 valence electrons. The van der Waals surface area contributed by atoms with Crippen LogP contribution in [0.2, 0.25) is 0 Å². The van der Waals surface area contributed by atoms with Gasteiger partial charge < -0.3 is 9.73 Å². The Balaban J connectivity index is 0.000000183. The second-order valence-corrected chi connectivity index (χ2v) is 12.3. The number of para-hydroxylation sites is 1.